The van der Waals surface area contributed by atoms with Gasteiger partial charge in [-0.2, -0.15) is 0 Å². The van der Waals surface area contributed by atoms with Crippen LogP contribution in [0.2, 0.25) is 0 Å². The third-order valence-corrected chi connectivity index (χ3v) is 3.92. The summed E-state index contributed by atoms with van der Waals surface area (Å²) in [6.45, 7) is 10.6. The number of aliphatic carboxylic acids is 1. The molecule has 7 heteroatoms. The summed E-state index contributed by atoms with van der Waals surface area (Å²) in [6, 6.07) is 1.24. The molecule has 1 saturated heterocycles. The Balaban J connectivity index is 2.09. The number of ether oxygens (including phenoxy) is 1. The van der Waals surface area contributed by atoms with E-state index in [9.17, 15) is 9.59 Å². The maximum Gasteiger partial charge on any atom is 0.305 e. The minimum absolute atomic E-state index is 0.0625. The van der Waals surface area contributed by atoms with Crippen LogP contribution in [-0.4, -0.2) is 45.2 Å². The van der Waals surface area contributed by atoms with Crippen LogP contribution in [0.4, 0.5) is 0 Å². The number of hydrogen-bond acceptors (Lipinski definition) is 5. The first-order valence-electron chi connectivity index (χ1n) is 8.09. The number of carbonyl (C=O) groups is 2. The van der Waals surface area contributed by atoms with E-state index in [-0.39, 0.29) is 41.7 Å². The SMILES string of the molecule is CC1(C)CC(CC(=O)O)N(C(=O)c2cc(COC(C)(C)C)on2)C1. The van der Waals surface area contributed by atoms with Crippen molar-refractivity contribution in [1.82, 2.24) is 10.1 Å². The minimum Gasteiger partial charge on any atom is -0.481 e. The molecule has 0 aromatic carbocycles. The highest BCUT2D eigenvalue weighted by Gasteiger charge is 2.41. The minimum atomic E-state index is -0.907. The summed E-state index contributed by atoms with van der Waals surface area (Å²) < 4.78 is 10.8. The van der Waals surface area contributed by atoms with Gasteiger partial charge in [-0.1, -0.05) is 19.0 Å². The van der Waals surface area contributed by atoms with Crippen LogP contribution in [0.25, 0.3) is 0 Å². The molecule has 0 radical (unpaired) electrons. The molecule has 0 bridgehead atoms. The first kappa shape index (κ1) is 18.4. The van der Waals surface area contributed by atoms with Crippen molar-refractivity contribution in [3.63, 3.8) is 0 Å². The quantitative estimate of drug-likeness (QED) is 0.887. The van der Waals surface area contributed by atoms with Gasteiger partial charge in [-0.05, 0) is 32.6 Å². The lowest BCUT2D eigenvalue weighted by atomic mass is 9.90. The van der Waals surface area contributed by atoms with Crippen LogP contribution in [-0.2, 0) is 16.1 Å². The van der Waals surface area contributed by atoms with E-state index in [1.807, 2.05) is 34.6 Å². The Labute approximate surface area is 141 Å². The van der Waals surface area contributed by atoms with Crippen LogP contribution >= 0.6 is 0 Å². The molecule has 1 amide bonds. The maximum atomic E-state index is 12.7. The van der Waals surface area contributed by atoms with Crippen LogP contribution in [0, 0.1) is 5.41 Å². The molecule has 1 aromatic rings. The van der Waals surface area contributed by atoms with Crippen molar-refractivity contribution in [1.29, 1.82) is 0 Å². The fraction of sp³-hybridized carbons (Fsp3) is 0.706. The fourth-order valence-corrected chi connectivity index (χ4v) is 2.94. The van der Waals surface area contributed by atoms with Gasteiger partial charge in [-0.3, -0.25) is 9.59 Å². The second-order valence-electron chi connectivity index (χ2n) is 8.13. The van der Waals surface area contributed by atoms with E-state index in [1.54, 1.807) is 11.0 Å². The summed E-state index contributed by atoms with van der Waals surface area (Å²) in [5.74, 6) is -0.728. The molecule has 1 aromatic heterocycles. The fourth-order valence-electron chi connectivity index (χ4n) is 2.94. The van der Waals surface area contributed by atoms with Crippen molar-refractivity contribution >= 4 is 11.9 Å². The highest BCUT2D eigenvalue weighted by molar-refractivity contribution is 5.93. The number of aromatic nitrogens is 1. The molecule has 1 aliphatic rings. The van der Waals surface area contributed by atoms with Gasteiger partial charge in [0, 0.05) is 18.7 Å². The van der Waals surface area contributed by atoms with Gasteiger partial charge >= 0.3 is 5.97 Å². The van der Waals surface area contributed by atoms with Gasteiger partial charge in [0.15, 0.2) is 11.5 Å². The zero-order chi connectivity index (χ0) is 18.1. The molecule has 1 unspecified atom stereocenters. The topological polar surface area (TPSA) is 92.9 Å². The standard InChI is InChI=1S/C17H26N2O5/c1-16(2,3)23-9-12-7-13(18-24-12)15(22)19-10-17(4,5)8-11(19)6-14(20)21/h7,11H,6,8-10H2,1-5H3,(H,20,21). The van der Waals surface area contributed by atoms with E-state index in [0.29, 0.717) is 18.7 Å². The van der Waals surface area contributed by atoms with E-state index >= 15 is 0 Å². The molecule has 0 saturated carbocycles. The normalized spacial score (nSPS) is 20.4. The molecular weight excluding hydrogens is 312 g/mol. The Kier molecular flexibility index (Phi) is 5.03. The molecule has 1 aliphatic heterocycles. The molecule has 2 rings (SSSR count). The molecule has 134 valence electrons. The Morgan fingerprint density at radius 3 is 2.71 bits per heavy atom. The molecule has 24 heavy (non-hydrogen) atoms. The van der Waals surface area contributed by atoms with Crippen molar-refractivity contribution in [3.05, 3.63) is 17.5 Å². The number of carboxylic acids is 1. The molecule has 1 N–H and O–H groups in total. The van der Waals surface area contributed by atoms with Crippen LogP contribution in [0.3, 0.4) is 0 Å². The number of nitrogens with zero attached hydrogens (tertiary/aromatic N) is 2. The van der Waals surface area contributed by atoms with E-state index in [0.717, 1.165) is 0 Å². The molecule has 7 nitrogen and oxygen atoms in total. The Bertz CT molecular complexity index is 615. The van der Waals surface area contributed by atoms with Crippen LogP contribution in [0.1, 0.15) is 63.7 Å². The number of likely N-dealkylation sites (tertiary alicyclic amines) is 1. The van der Waals surface area contributed by atoms with E-state index < -0.39 is 5.97 Å². The lowest BCUT2D eigenvalue weighted by Crippen LogP contribution is -2.37. The van der Waals surface area contributed by atoms with Gasteiger partial charge in [0.05, 0.1) is 12.0 Å². The van der Waals surface area contributed by atoms with Crippen molar-refractivity contribution in [2.45, 2.75) is 65.7 Å². The van der Waals surface area contributed by atoms with Gasteiger partial charge in [0.2, 0.25) is 0 Å². The predicted octanol–water partition coefficient (Wildman–Crippen LogP) is 2.71. The first-order valence-corrected chi connectivity index (χ1v) is 8.09. The zero-order valence-corrected chi connectivity index (χ0v) is 15.0. The first-order chi connectivity index (χ1) is 11.0. The maximum absolute atomic E-state index is 12.7. The third-order valence-electron chi connectivity index (χ3n) is 3.92. The van der Waals surface area contributed by atoms with Crippen LogP contribution < -0.4 is 0 Å². The molecule has 1 atom stereocenters. The van der Waals surface area contributed by atoms with E-state index in [1.165, 1.54) is 0 Å². The van der Waals surface area contributed by atoms with Crippen molar-refractivity contribution < 1.29 is 24.0 Å². The number of amides is 1. The highest BCUT2D eigenvalue weighted by atomic mass is 16.5. The highest BCUT2D eigenvalue weighted by Crippen LogP contribution is 2.36. The van der Waals surface area contributed by atoms with Gasteiger partial charge in [-0.25, -0.2) is 0 Å². The summed E-state index contributed by atoms with van der Waals surface area (Å²) >= 11 is 0. The van der Waals surface area contributed by atoms with Crippen molar-refractivity contribution in [2.24, 2.45) is 5.41 Å². The Hall–Kier alpha value is -1.89. The summed E-state index contributed by atoms with van der Waals surface area (Å²) in [5.41, 5.74) is -0.240. The van der Waals surface area contributed by atoms with Crippen molar-refractivity contribution in [3.8, 4) is 0 Å². The third kappa shape index (κ3) is 4.80. The van der Waals surface area contributed by atoms with Gasteiger partial charge < -0.3 is 19.3 Å². The molecule has 0 aliphatic carbocycles. The van der Waals surface area contributed by atoms with Crippen LogP contribution in [0.15, 0.2) is 10.6 Å². The molecular formula is C17H26N2O5. The van der Waals surface area contributed by atoms with Gasteiger partial charge in [0.1, 0.15) is 6.61 Å². The van der Waals surface area contributed by atoms with Gasteiger partial charge in [-0.15, -0.1) is 0 Å². The van der Waals surface area contributed by atoms with Crippen LogP contribution in [0.5, 0.6) is 0 Å². The number of carboxylic acid groups (broad SMARTS) is 1. The Morgan fingerprint density at radius 2 is 2.12 bits per heavy atom. The average Bonchev–Trinajstić information content (AvgIpc) is 2.98. The summed E-state index contributed by atoms with van der Waals surface area (Å²) in [4.78, 5) is 25.4. The van der Waals surface area contributed by atoms with E-state index in [4.69, 9.17) is 14.4 Å². The molecule has 2 heterocycles. The Morgan fingerprint density at radius 1 is 1.46 bits per heavy atom. The van der Waals surface area contributed by atoms with Crippen molar-refractivity contribution in [2.75, 3.05) is 6.54 Å². The summed E-state index contributed by atoms with van der Waals surface area (Å²) in [6.07, 6.45) is 0.593. The zero-order valence-electron chi connectivity index (χ0n) is 15.0. The van der Waals surface area contributed by atoms with E-state index in [2.05, 4.69) is 5.16 Å². The summed E-state index contributed by atoms with van der Waals surface area (Å²) in [5, 5.41) is 12.9. The lowest BCUT2D eigenvalue weighted by molar-refractivity contribution is -0.137. The average molecular weight is 338 g/mol. The number of hydrogen-bond donors (Lipinski definition) is 1. The second kappa shape index (κ2) is 6.55. The smallest absolute Gasteiger partial charge is 0.305 e. The predicted molar refractivity (Wildman–Crippen MR) is 86.5 cm³/mol. The molecule has 0 spiro atoms. The number of rotatable bonds is 5. The monoisotopic (exact) mass is 338 g/mol. The lowest BCUT2D eigenvalue weighted by Gasteiger charge is -2.22. The number of carbonyl (C=O) groups excluding carboxylic acids is 1. The largest absolute Gasteiger partial charge is 0.481 e. The summed E-state index contributed by atoms with van der Waals surface area (Å²) in [7, 11) is 0. The molecule has 1 fully saturated rings. The van der Waals surface area contributed by atoms with Gasteiger partial charge in [0.25, 0.3) is 5.91 Å². The second-order valence-corrected chi connectivity index (χ2v) is 8.13.